The highest BCUT2D eigenvalue weighted by Crippen LogP contribution is 2.35. The fourth-order valence-electron chi connectivity index (χ4n) is 0.908. The molecule has 0 spiro atoms. The van der Waals surface area contributed by atoms with Crippen molar-refractivity contribution in [3.63, 3.8) is 0 Å². The van der Waals surface area contributed by atoms with E-state index in [0.29, 0.717) is 13.0 Å². The summed E-state index contributed by atoms with van der Waals surface area (Å²) < 4.78 is 10.4. The Morgan fingerprint density at radius 3 is 2.31 bits per heavy atom. The summed E-state index contributed by atoms with van der Waals surface area (Å²) in [5.41, 5.74) is 0. The van der Waals surface area contributed by atoms with Crippen LogP contribution in [0.5, 0.6) is 0 Å². The van der Waals surface area contributed by atoms with Gasteiger partial charge in [-0.2, -0.15) is 0 Å². The zero-order chi connectivity index (χ0) is 10.2. The van der Waals surface area contributed by atoms with E-state index in [4.69, 9.17) is 9.79 Å². The Labute approximate surface area is 77.0 Å². The molecule has 0 aromatic carbocycles. The lowest BCUT2D eigenvalue weighted by molar-refractivity contribution is 0.370. The third-order valence-electron chi connectivity index (χ3n) is 1.53. The number of carbonyl (C=O) groups excluding carboxylic acids is 1. The van der Waals surface area contributed by atoms with E-state index in [1.54, 1.807) is 0 Å². The Kier molecular flexibility index (Phi) is 6.73. The average Bonchev–Trinajstić information content (AvgIpc) is 2.01. The first kappa shape index (κ1) is 12.5. The summed E-state index contributed by atoms with van der Waals surface area (Å²) in [5.74, 6) is 0. The molecule has 2 N–H and O–H groups in total. The van der Waals surface area contributed by atoms with Crippen LogP contribution in [0, 0.1) is 0 Å². The minimum atomic E-state index is -3.81. The number of hydrogen-bond donors (Lipinski definition) is 2. The SMILES string of the molecule is O=C=NCCCCCCP(=O)(O)O. The van der Waals surface area contributed by atoms with E-state index in [-0.39, 0.29) is 6.16 Å². The molecule has 0 atom stereocenters. The molecule has 13 heavy (non-hydrogen) atoms. The van der Waals surface area contributed by atoms with E-state index in [9.17, 15) is 9.36 Å². The predicted octanol–water partition coefficient (Wildman–Crippen LogP) is 1.06. The van der Waals surface area contributed by atoms with Gasteiger partial charge in [0, 0.05) is 6.16 Å². The number of rotatable bonds is 7. The van der Waals surface area contributed by atoms with Gasteiger partial charge in [0.25, 0.3) is 0 Å². The fraction of sp³-hybridized carbons (Fsp3) is 0.857. The molecule has 0 radical (unpaired) electrons. The van der Waals surface area contributed by atoms with Crippen LogP contribution in [0.25, 0.3) is 0 Å². The van der Waals surface area contributed by atoms with Gasteiger partial charge in [-0.3, -0.25) is 4.57 Å². The van der Waals surface area contributed by atoms with Crippen LogP contribution >= 0.6 is 7.60 Å². The van der Waals surface area contributed by atoms with Gasteiger partial charge < -0.3 is 9.79 Å². The van der Waals surface area contributed by atoms with E-state index < -0.39 is 7.60 Å². The van der Waals surface area contributed by atoms with Crippen LogP contribution in [-0.4, -0.2) is 28.6 Å². The lowest BCUT2D eigenvalue weighted by atomic mass is 10.2. The normalized spacial score (nSPS) is 10.9. The van der Waals surface area contributed by atoms with Crippen LogP contribution in [-0.2, 0) is 9.36 Å². The zero-order valence-corrected chi connectivity index (χ0v) is 8.24. The van der Waals surface area contributed by atoms with Crippen molar-refractivity contribution in [1.29, 1.82) is 0 Å². The molecule has 0 aromatic rings. The second-order valence-electron chi connectivity index (χ2n) is 2.78. The summed E-state index contributed by atoms with van der Waals surface area (Å²) in [5, 5.41) is 0. The van der Waals surface area contributed by atoms with Crippen molar-refractivity contribution in [3.8, 4) is 0 Å². The topological polar surface area (TPSA) is 87.0 Å². The molecule has 0 amide bonds. The summed E-state index contributed by atoms with van der Waals surface area (Å²) >= 11 is 0. The van der Waals surface area contributed by atoms with Crippen molar-refractivity contribution in [2.75, 3.05) is 12.7 Å². The molecular formula is C7H14NO4P. The fourth-order valence-corrected chi connectivity index (χ4v) is 1.54. The highest BCUT2D eigenvalue weighted by Gasteiger charge is 2.10. The van der Waals surface area contributed by atoms with Gasteiger partial charge in [-0.15, -0.1) is 0 Å². The highest BCUT2D eigenvalue weighted by atomic mass is 31.2. The quantitative estimate of drug-likeness (QED) is 0.283. The molecular weight excluding hydrogens is 193 g/mol. The lowest BCUT2D eigenvalue weighted by Crippen LogP contribution is -1.89. The maximum Gasteiger partial charge on any atom is 0.325 e. The molecule has 5 nitrogen and oxygen atoms in total. The highest BCUT2D eigenvalue weighted by molar-refractivity contribution is 7.51. The van der Waals surface area contributed by atoms with Crippen LogP contribution in [0.3, 0.4) is 0 Å². The second-order valence-corrected chi connectivity index (χ2v) is 4.55. The smallest absolute Gasteiger partial charge is 0.324 e. The van der Waals surface area contributed by atoms with Gasteiger partial charge in [0.05, 0.1) is 6.54 Å². The number of nitrogens with zero attached hydrogens (tertiary/aromatic N) is 1. The maximum absolute atomic E-state index is 10.4. The first-order valence-corrected chi connectivity index (χ1v) is 5.94. The number of isocyanates is 1. The van der Waals surface area contributed by atoms with Crippen LogP contribution in [0.4, 0.5) is 0 Å². The molecule has 0 unspecified atom stereocenters. The number of hydrogen-bond acceptors (Lipinski definition) is 3. The van der Waals surface area contributed by atoms with E-state index in [1.165, 1.54) is 6.08 Å². The van der Waals surface area contributed by atoms with Crippen molar-refractivity contribution in [2.24, 2.45) is 4.99 Å². The van der Waals surface area contributed by atoms with Gasteiger partial charge in [0.15, 0.2) is 0 Å². The van der Waals surface area contributed by atoms with Crippen LogP contribution in [0.2, 0.25) is 0 Å². The molecule has 0 saturated carbocycles. The monoisotopic (exact) mass is 207 g/mol. The molecule has 0 bridgehead atoms. The predicted molar refractivity (Wildman–Crippen MR) is 48.4 cm³/mol. The second kappa shape index (κ2) is 6.98. The molecule has 0 aromatic heterocycles. The molecule has 0 aliphatic rings. The lowest BCUT2D eigenvalue weighted by Gasteiger charge is -2.02. The van der Waals surface area contributed by atoms with Crippen molar-refractivity contribution in [3.05, 3.63) is 0 Å². The third-order valence-corrected chi connectivity index (χ3v) is 2.43. The Balaban J connectivity index is 3.18. The van der Waals surface area contributed by atoms with Gasteiger partial charge in [0.2, 0.25) is 6.08 Å². The molecule has 0 rings (SSSR count). The van der Waals surface area contributed by atoms with Crippen LogP contribution in [0.1, 0.15) is 25.7 Å². The van der Waals surface area contributed by atoms with Crippen LogP contribution in [0.15, 0.2) is 4.99 Å². The van der Waals surface area contributed by atoms with E-state index in [2.05, 4.69) is 4.99 Å². The van der Waals surface area contributed by atoms with Gasteiger partial charge in [0.1, 0.15) is 0 Å². The van der Waals surface area contributed by atoms with Gasteiger partial charge in [-0.25, -0.2) is 9.79 Å². The molecule has 0 heterocycles. The minimum Gasteiger partial charge on any atom is -0.324 e. The summed E-state index contributed by atoms with van der Waals surface area (Å²) in [6.45, 7) is 0.458. The Bertz CT molecular complexity index is 219. The van der Waals surface area contributed by atoms with E-state index in [1.807, 2.05) is 0 Å². The molecule has 0 aliphatic heterocycles. The average molecular weight is 207 g/mol. The Morgan fingerprint density at radius 2 is 1.77 bits per heavy atom. The molecule has 76 valence electrons. The van der Waals surface area contributed by atoms with Crippen molar-refractivity contribution < 1.29 is 19.1 Å². The standard InChI is InChI=1S/C7H14NO4P/c9-7-8-5-3-1-2-4-6-13(10,11)12/h1-6H2,(H2,10,11,12). The minimum absolute atomic E-state index is 0.0516. The molecule has 0 saturated heterocycles. The third kappa shape index (κ3) is 11.5. The number of aliphatic imine (C=N–C) groups is 1. The summed E-state index contributed by atoms with van der Waals surface area (Å²) in [6.07, 6.45) is 4.28. The first-order valence-electron chi connectivity index (χ1n) is 4.14. The van der Waals surface area contributed by atoms with Crippen LogP contribution < -0.4 is 0 Å². The summed E-state index contributed by atoms with van der Waals surface area (Å²) in [6, 6.07) is 0. The van der Waals surface area contributed by atoms with E-state index >= 15 is 0 Å². The van der Waals surface area contributed by atoms with Crippen molar-refractivity contribution >= 4 is 13.7 Å². The number of unbranched alkanes of at least 4 members (excludes halogenated alkanes) is 3. The molecule has 0 fully saturated rings. The maximum atomic E-state index is 10.4. The summed E-state index contributed by atoms with van der Waals surface area (Å²) in [4.78, 5) is 30.0. The molecule has 6 heteroatoms. The van der Waals surface area contributed by atoms with Gasteiger partial charge in [-0.05, 0) is 12.8 Å². The zero-order valence-electron chi connectivity index (χ0n) is 7.35. The van der Waals surface area contributed by atoms with Gasteiger partial charge >= 0.3 is 7.60 Å². The first-order chi connectivity index (χ1) is 6.06. The Morgan fingerprint density at radius 1 is 1.15 bits per heavy atom. The van der Waals surface area contributed by atoms with Crippen molar-refractivity contribution in [2.45, 2.75) is 25.7 Å². The molecule has 0 aliphatic carbocycles. The summed E-state index contributed by atoms with van der Waals surface area (Å²) in [7, 11) is -3.81. The Hall–Kier alpha value is -0.470. The van der Waals surface area contributed by atoms with E-state index in [0.717, 1.165) is 19.3 Å². The van der Waals surface area contributed by atoms with Gasteiger partial charge in [-0.1, -0.05) is 12.8 Å². The van der Waals surface area contributed by atoms with Crippen molar-refractivity contribution in [1.82, 2.24) is 0 Å². The largest absolute Gasteiger partial charge is 0.325 e.